The summed E-state index contributed by atoms with van der Waals surface area (Å²) >= 11 is 6.32. The monoisotopic (exact) mass is 414 g/mol. The highest BCUT2D eigenvalue weighted by atomic mass is 35.5. The van der Waals surface area contributed by atoms with E-state index in [2.05, 4.69) is 5.32 Å². The number of rotatable bonds is 8. The molecule has 156 valence electrons. The Balaban J connectivity index is 2.24. The number of carbonyl (C=O) groups is 2. The SMILES string of the molecule is Cc1ccc(CC(=O)N(Cc2ccccc2Cl)[C@H](C)C(=O)NCC(C)C)cc1C. The molecule has 1 atom stereocenters. The van der Waals surface area contributed by atoms with Crippen molar-refractivity contribution < 1.29 is 9.59 Å². The van der Waals surface area contributed by atoms with E-state index in [-0.39, 0.29) is 18.2 Å². The van der Waals surface area contributed by atoms with Gasteiger partial charge in [-0.15, -0.1) is 0 Å². The minimum absolute atomic E-state index is 0.0969. The van der Waals surface area contributed by atoms with E-state index in [1.54, 1.807) is 17.9 Å². The molecule has 29 heavy (non-hydrogen) atoms. The van der Waals surface area contributed by atoms with Crippen LogP contribution in [-0.2, 0) is 22.6 Å². The van der Waals surface area contributed by atoms with Gasteiger partial charge < -0.3 is 10.2 Å². The van der Waals surface area contributed by atoms with Crippen LogP contribution in [0.1, 0.15) is 43.0 Å². The van der Waals surface area contributed by atoms with Gasteiger partial charge in [0.25, 0.3) is 0 Å². The van der Waals surface area contributed by atoms with Crippen molar-refractivity contribution in [2.75, 3.05) is 6.54 Å². The lowest BCUT2D eigenvalue weighted by atomic mass is 10.0. The number of nitrogens with one attached hydrogen (secondary N) is 1. The van der Waals surface area contributed by atoms with Gasteiger partial charge in [-0.05, 0) is 55.0 Å². The fourth-order valence-electron chi connectivity index (χ4n) is 3.03. The second-order valence-corrected chi connectivity index (χ2v) is 8.43. The molecular formula is C24H31ClN2O2. The molecule has 0 spiro atoms. The summed E-state index contributed by atoms with van der Waals surface area (Å²) in [5, 5.41) is 3.52. The van der Waals surface area contributed by atoms with Crippen LogP contribution in [0.4, 0.5) is 0 Å². The highest BCUT2D eigenvalue weighted by Gasteiger charge is 2.26. The Kier molecular flexibility index (Phi) is 8.27. The van der Waals surface area contributed by atoms with Crippen molar-refractivity contribution in [3.05, 3.63) is 69.7 Å². The standard InChI is InChI=1S/C24H31ClN2O2/c1-16(2)14-26-24(29)19(5)27(15-21-8-6-7-9-22(21)25)23(28)13-20-11-10-17(3)18(4)12-20/h6-12,16,19H,13-15H2,1-5H3,(H,26,29)/t19-/m1/s1. The molecule has 0 aliphatic heterocycles. The van der Waals surface area contributed by atoms with Crippen LogP contribution in [0, 0.1) is 19.8 Å². The molecule has 0 radical (unpaired) electrons. The van der Waals surface area contributed by atoms with Crippen molar-refractivity contribution in [1.29, 1.82) is 0 Å². The molecule has 0 aliphatic rings. The van der Waals surface area contributed by atoms with Crippen LogP contribution in [0.5, 0.6) is 0 Å². The predicted octanol–water partition coefficient (Wildman–Crippen LogP) is 4.69. The zero-order valence-electron chi connectivity index (χ0n) is 18.0. The summed E-state index contributed by atoms with van der Waals surface area (Å²) in [6.07, 6.45) is 0.243. The van der Waals surface area contributed by atoms with Crippen LogP contribution in [0.3, 0.4) is 0 Å². The first-order chi connectivity index (χ1) is 13.7. The van der Waals surface area contributed by atoms with Gasteiger partial charge in [-0.2, -0.15) is 0 Å². The van der Waals surface area contributed by atoms with E-state index in [0.717, 1.165) is 16.7 Å². The molecule has 2 aromatic carbocycles. The first kappa shape index (κ1) is 23.0. The predicted molar refractivity (Wildman–Crippen MR) is 119 cm³/mol. The Bertz CT molecular complexity index is 864. The van der Waals surface area contributed by atoms with Crippen LogP contribution in [0.2, 0.25) is 5.02 Å². The van der Waals surface area contributed by atoms with Crippen LogP contribution in [0.15, 0.2) is 42.5 Å². The van der Waals surface area contributed by atoms with Crippen molar-refractivity contribution in [2.24, 2.45) is 5.92 Å². The van der Waals surface area contributed by atoms with Gasteiger partial charge in [0.05, 0.1) is 6.42 Å². The molecule has 0 bridgehead atoms. The number of amides is 2. The third-order valence-electron chi connectivity index (χ3n) is 5.08. The number of carbonyl (C=O) groups excluding carboxylic acids is 2. The molecule has 4 nitrogen and oxygen atoms in total. The van der Waals surface area contributed by atoms with Gasteiger partial charge >= 0.3 is 0 Å². The van der Waals surface area contributed by atoms with Crippen LogP contribution < -0.4 is 5.32 Å². The Hall–Kier alpha value is -2.33. The molecule has 0 fully saturated rings. The average molecular weight is 415 g/mol. The summed E-state index contributed by atoms with van der Waals surface area (Å²) in [5.74, 6) is 0.0916. The summed E-state index contributed by atoms with van der Waals surface area (Å²) in [6.45, 7) is 10.8. The maximum atomic E-state index is 13.2. The van der Waals surface area contributed by atoms with Crippen LogP contribution in [-0.4, -0.2) is 29.3 Å². The van der Waals surface area contributed by atoms with Crippen molar-refractivity contribution in [2.45, 2.75) is 53.6 Å². The number of hydrogen-bond donors (Lipinski definition) is 1. The number of hydrogen-bond acceptors (Lipinski definition) is 2. The van der Waals surface area contributed by atoms with Gasteiger partial charge in [0.1, 0.15) is 6.04 Å². The molecule has 0 aromatic heterocycles. The highest BCUT2D eigenvalue weighted by molar-refractivity contribution is 6.31. The number of benzene rings is 2. The van der Waals surface area contributed by atoms with Crippen LogP contribution in [0.25, 0.3) is 0 Å². The first-order valence-corrected chi connectivity index (χ1v) is 10.4. The third kappa shape index (κ3) is 6.60. The minimum Gasteiger partial charge on any atom is -0.354 e. The zero-order valence-corrected chi connectivity index (χ0v) is 18.7. The number of halogens is 1. The first-order valence-electron chi connectivity index (χ1n) is 10.1. The summed E-state index contributed by atoms with van der Waals surface area (Å²) < 4.78 is 0. The summed E-state index contributed by atoms with van der Waals surface area (Å²) in [4.78, 5) is 27.5. The smallest absolute Gasteiger partial charge is 0.242 e. The van der Waals surface area contributed by atoms with Crippen molar-refractivity contribution in [3.8, 4) is 0 Å². The number of aryl methyl sites for hydroxylation is 2. The molecule has 0 aliphatic carbocycles. The van der Waals surface area contributed by atoms with Crippen LogP contribution >= 0.6 is 11.6 Å². The molecule has 2 rings (SSSR count). The van der Waals surface area contributed by atoms with Gasteiger partial charge in [0, 0.05) is 18.1 Å². The van der Waals surface area contributed by atoms with Crippen molar-refractivity contribution in [3.63, 3.8) is 0 Å². The Morgan fingerprint density at radius 1 is 1.03 bits per heavy atom. The van der Waals surface area contributed by atoms with Crippen molar-refractivity contribution >= 4 is 23.4 Å². The molecule has 0 unspecified atom stereocenters. The fourth-order valence-corrected chi connectivity index (χ4v) is 3.23. The van der Waals surface area contributed by atoms with E-state index in [1.165, 1.54) is 5.56 Å². The van der Waals surface area contributed by atoms with Gasteiger partial charge in [-0.25, -0.2) is 0 Å². The van der Waals surface area contributed by atoms with Gasteiger partial charge in [0.15, 0.2) is 0 Å². The van der Waals surface area contributed by atoms with E-state index in [1.807, 2.05) is 64.1 Å². The molecule has 2 aromatic rings. The van der Waals surface area contributed by atoms with Gasteiger partial charge in [-0.1, -0.05) is 61.8 Å². The van der Waals surface area contributed by atoms with E-state index in [9.17, 15) is 9.59 Å². The summed E-state index contributed by atoms with van der Waals surface area (Å²) in [5.41, 5.74) is 4.11. The van der Waals surface area contributed by atoms with Gasteiger partial charge in [0.2, 0.25) is 11.8 Å². The normalized spacial score (nSPS) is 12.0. The molecule has 0 heterocycles. The van der Waals surface area contributed by atoms with Gasteiger partial charge in [-0.3, -0.25) is 9.59 Å². The third-order valence-corrected chi connectivity index (χ3v) is 5.45. The number of nitrogens with zero attached hydrogens (tertiary/aromatic N) is 1. The van der Waals surface area contributed by atoms with Crippen molar-refractivity contribution in [1.82, 2.24) is 10.2 Å². The lowest BCUT2D eigenvalue weighted by Crippen LogP contribution is -2.48. The maximum absolute atomic E-state index is 13.2. The average Bonchev–Trinajstić information content (AvgIpc) is 2.67. The summed E-state index contributed by atoms with van der Waals surface area (Å²) in [6, 6.07) is 12.9. The molecule has 2 amide bonds. The second kappa shape index (κ2) is 10.4. The summed E-state index contributed by atoms with van der Waals surface area (Å²) in [7, 11) is 0. The Morgan fingerprint density at radius 2 is 1.72 bits per heavy atom. The fraction of sp³-hybridized carbons (Fsp3) is 0.417. The van der Waals surface area contributed by atoms with E-state index >= 15 is 0 Å². The second-order valence-electron chi connectivity index (χ2n) is 8.02. The molecular weight excluding hydrogens is 384 g/mol. The molecule has 5 heteroatoms. The maximum Gasteiger partial charge on any atom is 0.242 e. The Labute approximate surface area is 179 Å². The van der Waals surface area contributed by atoms with E-state index in [4.69, 9.17) is 11.6 Å². The molecule has 1 N–H and O–H groups in total. The largest absolute Gasteiger partial charge is 0.354 e. The lowest BCUT2D eigenvalue weighted by molar-refractivity contribution is -0.140. The quantitative estimate of drug-likeness (QED) is 0.681. The topological polar surface area (TPSA) is 49.4 Å². The lowest BCUT2D eigenvalue weighted by Gasteiger charge is -2.29. The van der Waals surface area contributed by atoms with E-state index < -0.39 is 6.04 Å². The van der Waals surface area contributed by atoms with E-state index in [0.29, 0.717) is 24.0 Å². The molecule has 0 saturated carbocycles. The highest BCUT2D eigenvalue weighted by Crippen LogP contribution is 2.20. The molecule has 0 saturated heterocycles. The minimum atomic E-state index is -0.593. The Morgan fingerprint density at radius 3 is 2.34 bits per heavy atom. The zero-order chi connectivity index (χ0) is 21.6.